The van der Waals surface area contributed by atoms with Crippen LogP contribution in [0.25, 0.3) is 10.9 Å². The minimum absolute atomic E-state index is 0.139. The molecule has 0 unspecified atom stereocenters. The normalized spacial score (nSPS) is 15.6. The van der Waals surface area contributed by atoms with Crippen molar-refractivity contribution in [3.63, 3.8) is 0 Å². The van der Waals surface area contributed by atoms with E-state index in [2.05, 4.69) is 46.0 Å². The lowest BCUT2D eigenvalue weighted by Gasteiger charge is -2.26. The van der Waals surface area contributed by atoms with Crippen LogP contribution in [-0.4, -0.2) is 22.6 Å². The standard InChI is InChI=1S/C23H27FN2/c24-21-11-12-23-22(16-21)20(17-25-13-5-2-6-14-25)18-26(23)15-7-10-19-8-3-1-4-9-19/h1,3-4,8-9,11-12,16,18H,2,5-7,10,13-15,17H2. The fourth-order valence-electron chi connectivity index (χ4n) is 4.11. The Morgan fingerprint density at radius 1 is 0.923 bits per heavy atom. The molecule has 26 heavy (non-hydrogen) atoms. The second kappa shape index (κ2) is 8.05. The molecule has 1 aliphatic heterocycles. The van der Waals surface area contributed by atoms with Crippen molar-refractivity contribution in [2.75, 3.05) is 13.1 Å². The van der Waals surface area contributed by atoms with Crippen molar-refractivity contribution in [3.05, 3.63) is 71.7 Å². The number of nitrogens with zero attached hydrogens (tertiary/aromatic N) is 2. The van der Waals surface area contributed by atoms with E-state index in [0.29, 0.717) is 0 Å². The quantitative estimate of drug-likeness (QED) is 0.578. The molecule has 2 heterocycles. The topological polar surface area (TPSA) is 8.17 Å². The van der Waals surface area contributed by atoms with Crippen molar-refractivity contribution in [2.45, 2.75) is 45.2 Å². The average molecular weight is 350 g/mol. The Hall–Kier alpha value is -2.13. The number of piperidine rings is 1. The number of rotatable bonds is 6. The SMILES string of the molecule is Fc1ccc2c(c1)c(CN1CCCCC1)cn2CCCc1ccccc1. The van der Waals surface area contributed by atoms with Crippen molar-refractivity contribution in [1.29, 1.82) is 0 Å². The molecule has 2 nitrogen and oxygen atoms in total. The van der Waals surface area contributed by atoms with Gasteiger partial charge in [-0.2, -0.15) is 0 Å². The Labute approximate surface area is 155 Å². The highest BCUT2D eigenvalue weighted by atomic mass is 19.1. The second-order valence-corrected chi connectivity index (χ2v) is 7.44. The minimum atomic E-state index is -0.139. The first kappa shape index (κ1) is 17.3. The van der Waals surface area contributed by atoms with E-state index in [0.717, 1.165) is 49.9 Å². The highest BCUT2D eigenvalue weighted by Gasteiger charge is 2.15. The van der Waals surface area contributed by atoms with Gasteiger partial charge in [-0.05, 0) is 68.1 Å². The molecule has 1 fully saturated rings. The van der Waals surface area contributed by atoms with Crippen LogP contribution in [0.4, 0.5) is 4.39 Å². The Morgan fingerprint density at radius 3 is 2.54 bits per heavy atom. The van der Waals surface area contributed by atoms with Gasteiger partial charge in [0.25, 0.3) is 0 Å². The molecule has 3 heteroatoms. The molecule has 0 radical (unpaired) electrons. The average Bonchev–Trinajstić information content (AvgIpc) is 3.00. The predicted molar refractivity (Wildman–Crippen MR) is 106 cm³/mol. The van der Waals surface area contributed by atoms with Gasteiger partial charge in [-0.3, -0.25) is 4.90 Å². The van der Waals surface area contributed by atoms with Gasteiger partial charge in [-0.15, -0.1) is 0 Å². The summed E-state index contributed by atoms with van der Waals surface area (Å²) >= 11 is 0. The first-order chi connectivity index (χ1) is 12.8. The van der Waals surface area contributed by atoms with Crippen LogP contribution in [0.1, 0.15) is 36.8 Å². The summed E-state index contributed by atoms with van der Waals surface area (Å²) in [5.74, 6) is -0.139. The number of likely N-dealkylation sites (tertiary alicyclic amines) is 1. The van der Waals surface area contributed by atoms with E-state index in [-0.39, 0.29) is 5.82 Å². The summed E-state index contributed by atoms with van der Waals surface area (Å²) in [5, 5.41) is 1.08. The maximum absolute atomic E-state index is 13.9. The van der Waals surface area contributed by atoms with Crippen LogP contribution >= 0.6 is 0 Å². The van der Waals surface area contributed by atoms with Gasteiger partial charge in [0.1, 0.15) is 5.82 Å². The summed E-state index contributed by atoms with van der Waals surface area (Å²) < 4.78 is 16.2. The van der Waals surface area contributed by atoms with E-state index in [4.69, 9.17) is 0 Å². The zero-order chi connectivity index (χ0) is 17.8. The first-order valence-corrected chi connectivity index (χ1v) is 9.83. The van der Waals surface area contributed by atoms with E-state index in [1.54, 1.807) is 12.1 Å². The summed E-state index contributed by atoms with van der Waals surface area (Å²) in [4.78, 5) is 2.51. The molecule has 0 atom stereocenters. The van der Waals surface area contributed by atoms with Crippen molar-refractivity contribution >= 4 is 10.9 Å². The van der Waals surface area contributed by atoms with E-state index in [1.165, 1.54) is 30.4 Å². The van der Waals surface area contributed by atoms with Crippen LogP contribution in [0.5, 0.6) is 0 Å². The molecule has 3 aromatic rings. The Kier molecular flexibility index (Phi) is 5.35. The number of halogens is 1. The number of aromatic nitrogens is 1. The zero-order valence-corrected chi connectivity index (χ0v) is 15.3. The van der Waals surface area contributed by atoms with Crippen LogP contribution in [0, 0.1) is 5.82 Å². The van der Waals surface area contributed by atoms with Crippen LogP contribution in [0.15, 0.2) is 54.7 Å². The van der Waals surface area contributed by atoms with Crippen LogP contribution in [-0.2, 0) is 19.5 Å². The van der Waals surface area contributed by atoms with Crippen LogP contribution in [0.3, 0.4) is 0 Å². The lowest BCUT2D eigenvalue weighted by atomic mass is 10.1. The fourth-order valence-corrected chi connectivity index (χ4v) is 4.11. The summed E-state index contributed by atoms with van der Waals surface area (Å²) in [7, 11) is 0. The Bertz CT molecular complexity index is 847. The molecule has 136 valence electrons. The molecule has 1 aromatic heterocycles. The molecule has 4 rings (SSSR count). The number of aryl methyl sites for hydroxylation is 2. The lowest BCUT2D eigenvalue weighted by molar-refractivity contribution is 0.221. The van der Waals surface area contributed by atoms with Crippen molar-refractivity contribution in [2.24, 2.45) is 0 Å². The maximum atomic E-state index is 13.9. The number of fused-ring (bicyclic) bond motifs is 1. The molecule has 1 saturated heterocycles. The predicted octanol–water partition coefficient (Wildman–Crippen LogP) is 5.40. The van der Waals surface area contributed by atoms with Crippen LogP contribution in [0.2, 0.25) is 0 Å². The highest BCUT2D eigenvalue weighted by molar-refractivity contribution is 5.84. The van der Waals surface area contributed by atoms with E-state index in [1.807, 2.05) is 6.07 Å². The van der Waals surface area contributed by atoms with Gasteiger partial charge in [-0.1, -0.05) is 36.8 Å². The summed E-state index contributed by atoms with van der Waals surface area (Å²) in [6.07, 6.45) is 8.32. The maximum Gasteiger partial charge on any atom is 0.123 e. The van der Waals surface area contributed by atoms with Crippen molar-refractivity contribution in [3.8, 4) is 0 Å². The molecule has 1 aliphatic rings. The summed E-state index contributed by atoms with van der Waals surface area (Å²) in [5.41, 5.74) is 3.80. The van der Waals surface area contributed by atoms with Crippen molar-refractivity contribution < 1.29 is 4.39 Å². The third-order valence-corrected chi connectivity index (χ3v) is 5.48. The molecule has 2 aromatic carbocycles. The van der Waals surface area contributed by atoms with Gasteiger partial charge in [-0.25, -0.2) is 4.39 Å². The van der Waals surface area contributed by atoms with E-state index in [9.17, 15) is 4.39 Å². The summed E-state index contributed by atoms with van der Waals surface area (Å²) in [6.45, 7) is 4.23. The highest BCUT2D eigenvalue weighted by Crippen LogP contribution is 2.25. The largest absolute Gasteiger partial charge is 0.347 e. The van der Waals surface area contributed by atoms with Gasteiger partial charge >= 0.3 is 0 Å². The van der Waals surface area contributed by atoms with Gasteiger partial charge in [0.05, 0.1) is 0 Å². The van der Waals surface area contributed by atoms with E-state index < -0.39 is 0 Å². The van der Waals surface area contributed by atoms with Crippen LogP contribution < -0.4 is 0 Å². The van der Waals surface area contributed by atoms with Crippen molar-refractivity contribution in [1.82, 2.24) is 9.47 Å². The molecule has 0 saturated carbocycles. The molecule has 0 bridgehead atoms. The van der Waals surface area contributed by atoms with E-state index >= 15 is 0 Å². The monoisotopic (exact) mass is 350 g/mol. The molecular formula is C23H27FN2. The first-order valence-electron chi connectivity index (χ1n) is 9.83. The van der Waals surface area contributed by atoms with Gasteiger partial charge in [0, 0.05) is 30.2 Å². The summed E-state index contributed by atoms with van der Waals surface area (Å²) in [6, 6.07) is 15.9. The smallest absolute Gasteiger partial charge is 0.123 e. The van der Waals surface area contributed by atoms with Gasteiger partial charge in [0.15, 0.2) is 0 Å². The minimum Gasteiger partial charge on any atom is -0.347 e. The third-order valence-electron chi connectivity index (χ3n) is 5.48. The molecule has 0 aliphatic carbocycles. The second-order valence-electron chi connectivity index (χ2n) is 7.44. The molecule has 0 N–H and O–H groups in total. The van der Waals surface area contributed by atoms with Gasteiger partial charge < -0.3 is 4.57 Å². The number of hydrogen-bond donors (Lipinski definition) is 0. The molecule has 0 amide bonds. The fraction of sp³-hybridized carbons (Fsp3) is 0.391. The van der Waals surface area contributed by atoms with Gasteiger partial charge in [0.2, 0.25) is 0 Å². The number of hydrogen-bond acceptors (Lipinski definition) is 1. The third kappa shape index (κ3) is 3.99. The Morgan fingerprint density at radius 2 is 1.73 bits per heavy atom. The number of benzene rings is 2. The lowest BCUT2D eigenvalue weighted by Crippen LogP contribution is -2.28. The Balaban J connectivity index is 1.52. The zero-order valence-electron chi connectivity index (χ0n) is 15.3. The molecular weight excluding hydrogens is 323 g/mol. The molecule has 0 spiro atoms.